The summed E-state index contributed by atoms with van der Waals surface area (Å²) in [5, 5.41) is 0. The van der Waals surface area contributed by atoms with Crippen LogP contribution in [0.15, 0.2) is 12.1 Å². The SMILES string of the molecule is CC(C)Oc1ccc(F)c(F)c1OC(C)C. The van der Waals surface area contributed by atoms with Crippen molar-refractivity contribution in [2.75, 3.05) is 0 Å². The van der Waals surface area contributed by atoms with Gasteiger partial charge < -0.3 is 9.47 Å². The largest absolute Gasteiger partial charge is 0.487 e. The van der Waals surface area contributed by atoms with E-state index in [1.165, 1.54) is 6.07 Å². The molecule has 1 aromatic carbocycles. The van der Waals surface area contributed by atoms with Gasteiger partial charge >= 0.3 is 0 Å². The van der Waals surface area contributed by atoms with Crippen molar-refractivity contribution in [2.24, 2.45) is 0 Å². The Labute approximate surface area is 94.2 Å². The van der Waals surface area contributed by atoms with Crippen LogP contribution < -0.4 is 9.47 Å². The zero-order valence-corrected chi connectivity index (χ0v) is 9.88. The Balaban J connectivity index is 3.11. The van der Waals surface area contributed by atoms with E-state index in [1.54, 1.807) is 27.7 Å². The summed E-state index contributed by atoms with van der Waals surface area (Å²) in [5.41, 5.74) is 0. The van der Waals surface area contributed by atoms with Crippen molar-refractivity contribution in [2.45, 2.75) is 39.9 Å². The van der Waals surface area contributed by atoms with E-state index in [0.29, 0.717) is 0 Å². The molecular formula is C12H16F2O2. The van der Waals surface area contributed by atoms with Crippen molar-refractivity contribution in [3.63, 3.8) is 0 Å². The lowest BCUT2D eigenvalue weighted by atomic mass is 10.3. The Morgan fingerprint density at radius 3 is 2.00 bits per heavy atom. The highest BCUT2D eigenvalue weighted by Gasteiger charge is 2.18. The van der Waals surface area contributed by atoms with E-state index in [9.17, 15) is 8.78 Å². The van der Waals surface area contributed by atoms with Crippen molar-refractivity contribution in [3.8, 4) is 11.5 Å². The van der Waals surface area contributed by atoms with E-state index in [1.807, 2.05) is 0 Å². The van der Waals surface area contributed by atoms with Gasteiger partial charge in [0.25, 0.3) is 0 Å². The van der Waals surface area contributed by atoms with E-state index >= 15 is 0 Å². The zero-order chi connectivity index (χ0) is 12.3. The fourth-order valence-corrected chi connectivity index (χ4v) is 1.21. The van der Waals surface area contributed by atoms with Gasteiger partial charge in [-0.2, -0.15) is 4.39 Å². The fraction of sp³-hybridized carbons (Fsp3) is 0.500. The molecule has 0 saturated heterocycles. The second-order valence-electron chi connectivity index (χ2n) is 4.02. The molecule has 0 N–H and O–H groups in total. The van der Waals surface area contributed by atoms with Crippen LogP contribution in [0, 0.1) is 11.6 Å². The maximum Gasteiger partial charge on any atom is 0.204 e. The molecule has 90 valence electrons. The topological polar surface area (TPSA) is 18.5 Å². The van der Waals surface area contributed by atoms with Gasteiger partial charge in [0.05, 0.1) is 12.2 Å². The predicted molar refractivity (Wildman–Crippen MR) is 57.9 cm³/mol. The molecule has 0 radical (unpaired) electrons. The average Bonchev–Trinajstić information content (AvgIpc) is 2.16. The van der Waals surface area contributed by atoms with Crippen LogP contribution in [0.5, 0.6) is 11.5 Å². The molecule has 1 aromatic rings. The number of hydrogen-bond donors (Lipinski definition) is 0. The molecule has 0 aliphatic rings. The van der Waals surface area contributed by atoms with Crippen LogP contribution in [0.25, 0.3) is 0 Å². The molecule has 0 unspecified atom stereocenters. The van der Waals surface area contributed by atoms with E-state index in [4.69, 9.17) is 9.47 Å². The Kier molecular flexibility index (Phi) is 4.10. The second kappa shape index (κ2) is 5.14. The smallest absolute Gasteiger partial charge is 0.204 e. The molecule has 0 saturated carbocycles. The molecule has 0 amide bonds. The summed E-state index contributed by atoms with van der Waals surface area (Å²) in [4.78, 5) is 0. The van der Waals surface area contributed by atoms with Gasteiger partial charge in [0.1, 0.15) is 0 Å². The summed E-state index contributed by atoms with van der Waals surface area (Å²) >= 11 is 0. The zero-order valence-electron chi connectivity index (χ0n) is 9.88. The second-order valence-corrected chi connectivity index (χ2v) is 4.02. The first-order valence-corrected chi connectivity index (χ1v) is 5.23. The highest BCUT2D eigenvalue weighted by Crippen LogP contribution is 2.33. The van der Waals surface area contributed by atoms with Crippen LogP contribution in [0.1, 0.15) is 27.7 Å². The minimum atomic E-state index is -1.01. The Bertz CT molecular complexity index is 362. The summed E-state index contributed by atoms with van der Waals surface area (Å²) in [6.07, 6.45) is -0.370. The van der Waals surface area contributed by atoms with Gasteiger partial charge in [0.2, 0.25) is 11.6 Å². The number of hydrogen-bond acceptors (Lipinski definition) is 2. The van der Waals surface area contributed by atoms with Gasteiger partial charge in [-0.25, -0.2) is 4.39 Å². The van der Waals surface area contributed by atoms with Crippen molar-refractivity contribution >= 4 is 0 Å². The quantitative estimate of drug-likeness (QED) is 0.787. The van der Waals surface area contributed by atoms with Gasteiger partial charge in [-0.3, -0.25) is 0 Å². The van der Waals surface area contributed by atoms with Gasteiger partial charge in [-0.1, -0.05) is 0 Å². The molecule has 0 aliphatic carbocycles. The lowest BCUT2D eigenvalue weighted by Gasteiger charge is -2.17. The number of halogens is 2. The van der Waals surface area contributed by atoms with Crippen molar-refractivity contribution in [1.29, 1.82) is 0 Å². The third-order valence-corrected chi connectivity index (χ3v) is 1.73. The van der Waals surface area contributed by atoms with Crippen molar-refractivity contribution in [1.82, 2.24) is 0 Å². The van der Waals surface area contributed by atoms with Crippen LogP contribution in [0.3, 0.4) is 0 Å². The molecule has 1 rings (SSSR count). The average molecular weight is 230 g/mol. The highest BCUT2D eigenvalue weighted by atomic mass is 19.2. The van der Waals surface area contributed by atoms with Crippen molar-refractivity contribution in [3.05, 3.63) is 23.8 Å². The standard InChI is InChI=1S/C12H16F2O2/c1-7(2)15-10-6-5-9(13)11(14)12(10)16-8(3)4/h5-8H,1-4H3. The van der Waals surface area contributed by atoms with Crippen LogP contribution >= 0.6 is 0 Å². The molecule has 0 bridgehead atoms. The van der Waals surface area contributed by atoms with E-state index in [0.717, 1.165) is 6.07 Å². The predicted octanol–water partition coefficient (Wildman–Crippen LogP) is 3.54. The third-order valence-electron chi connectivity index (χ3n) is 1.73. The molecule has 0 aromatic heterocycles. The minimum Gasteiger partial charge on any atom is -0.487 e. The minimum absolute atomic E-state index is 0.126. The first kappa shape index (κ1) is 12.7. The lowest BCUT2D eigenvalue weighted by molar-refractivity contribution is 0.189. The van der Waals surface area contributed by atoms with E-state index < -0.39 is 11.6 Å². The first-order chi connectivity index (χ1) is 7.41. The van der Waals surface area contributed by atoms with Crippen LogP contribution in [0.2, 0.25) is 0 Å². The Morgan fingerprint density at radius 1 is 0.938 bits per heavy atom. The Hall–Kier alpha value is -1.32. The maximum absolute atomic E-state index is 13.5. The van der Waals surface area contributed by atoms with E-state index in [2.05, 4.69) is 0 Å². The van der Waals surface area contributed by atoms with Crippen LogP contribution in [-0.4, -0.2) is 12.2 Å². The van der Waals surface area contributed by atoms with Gasteiger partial charge in [0, 0.05) is 0 Å². The molecular weight excluding hydrogens is 214 g/mol. The molecule has 0 aliphatic heterocycles. The lowest BCUT2D eigenvalue weighted by Crippen LogP contribution is -2.12. The van der Waals surface area contributed by atoms with Crippen molar-refractivity contribution < 1.29 is 18.3 Å². The molecule has 2 nitrogen and oxygen atoms in total. The monoisotopic (exact) mass is 230 g/mol. The number of rotatable bonds is 4. The van der Waals surface area contributed by atoms with Gasteiger partial charge in [-0.15, -0.1) is 0 Å². The molecule has 16 heavy (non-hydrogen) atoms. The molecule has 0 heterocycles. The summed E-state index contributed by atoms with van der Waals surface area (Å²) in [6, 6.07) is 2.40. The molecule has 0 fully saturated rings. The highest BCUT2D eigenvalue weighted by molar-refractivity contribution is 5.41. The molecule has 0 atom stereocenters. The molecule has 4 heteroatoms. The maximum atomic E-state index is 13.5. The van der Waals surface area contributed by atoms with Crippen LogP contribution in [-0.2, 0) is 0 Å². The van der Waals surface area contributed by atoms with Crippen LogP contribution in [0.4, 0.5) is 8.78 Å². The summed E-state index contributed by atoms with van der Waals surface area (Å²) in [5.74, 6) is -1.88. The summed E-state index contributed by atoms with van der Waals surface area (Å²) in [6.45, 7) is 7.09. The van der Waals surface area contributed by atoms with Gasteiger partial charge in [-0.05, 0) is 39.8 Å². The summed E-state index contributed by atoms with van der Waals surface area (Å²) < 4.78 is 37.1. The van der Waals surface area contributed by atoms with E-state index in [-0.39, 0.29) is 23.7 Å². The summed E-state index contributed by atoms with van der Waals surface area (Å²) in [7, 11) is 0. The third kappa shape index (κ3) is 3.08. The normalized spacial score (nSPS) is 11.0. The fourth-order valence-electron chi connectivity index (χ4n) is 1.21. The first-order valence-electron chi connectivity index (χ1n) is 5.23. The molecule has 0 spiro atoms. The number of ether oxygens (including phenoxy) is 2. The van der Waals surface area contributed by atoms with Gasteiger partial charge in [0.15, 0.2) is 11.6 Å². The Morgan fingerprint density at radius 2 is 1.50 bits per heavy atom. The number of benzene rings is 1.